The molecule has 2 unspecified atom stereocenters. The fourth-order valence-electron chi connectivity index (χ4n) is 2.71. The third-order valence-electron chi connectivity index (χ3n) is 3.74. The third kappa shape index (κ3) is 3.87. The first-order valence-electron chi connectivity index (χ1n) is 7.19. The summed E-state index contributed by atoms with van der Waals surface area (Å²) in [5, 5.41) is 12.9. The molecule has 0 saturated heterocycles. The van der Waals surface area contributed by atoms with Crippen molar-refractivity contribution < 1.29 is 4.79 Å². The number of carbonyl (C=O) groups is 1. The standard InChI is InChI=1S/C13H23N5OS2/c1-4-15-13(10(14)19)7-5-6-9(8-13)20-12-17-16-11(21-12)18(2)3/h9,15H,4-8H2,1-3H3,(H2,14,19). The van der Waals surface area contributed by atoms with Crippen molar-refractivity contribution in [2.45, 2.75) is 47.7 Å². The fourth-order valence-corrected chi connectivity index (χ4v) is 5.06. The molecule has 0 radical (unpaired) electrons. The van der Waals surface area contributed by atoms with E-state index in [4.69, 9.17) is 5.73 Å². The van der Waals surface area contributed by atoms with Gasteiger partial charge >= 0.3 is 0 Å². The van der Waals surface area contributed by atoms with Gasteiger partial charge in [-0.05, 0) is 32.2 Å². The van der Waals surface area contributed by atoms with Gasteiger partial charge in [0.05, 0.1) is 5.54 Å². The first-order valence-corrected chi connectivity index (χ1v) is 8.89. The molecule has 1 aromatic heterocycles. The summed E-state index contributed by atoms with van der Waals surface area (Å²) in [5.74, 6) is -0.235. The van der Waals surface area contributed by atoms with E-state index in [2.05, 4.69) is 15.5 Å². The Morgan fingerprint density at radius 1 is 1.57 bits per heavy atom. The second-order valence-electron chi connectivity index (χ2n) is 5.56. The number of likely N-dealkylation sites (N-methyl/N-ethyl adjacent to an activating group) is 1. The lowest BCUT2D eigenvalue weighted by molar-refractivity contribution is -0.125. The highest BCUT2D eigenvalue weighted by Crippen LogP contribution is 2.40. The van der Waals surface area contributed by atoms with Crippen molar-refractivity contribution in [2.24, 2.45) is 5.73 Å². The Kier molecular flexibility index (Phi) is 5.45. The highest BCUT2D eigenvalue weighted by molar-refractivity contribution is 8.01. The minimum atomic E-state index is -0.556. The zero-order valence-electron chi connectivity index (χ0n) is 12.8. The lowest BCUT2D eigenvalue weighted by Crippen LogP contribution is -2.58. The summed E-state index contributed by atoms with van der Waals surface area (Å²) < 4.78 is 0.959. The molecular weight excluding hydrogens is 306 g/mol. The van der Waals surface area contributed by atoms with E-state index in [1.807, 2.05) is 25.9 Å². The molecule has 1 amide bonds. The van der Waals surface area contributed by atoms with Gasteiger partial charge in [-0.25, -0.2) is 0 Å². The number of aromatic nitrogens is 2. The van der Waals surface area contributed by atoms with Gasteiger partial charge in [-0.2, -0.15) is 0 Å². The molecule has 1 saturated carbocycles. The molecule has 1 fully saturated rings. The second kappa shape index (κ2) is 6.93. The minimum absolute atomic E-state index is 0.235. The van der Waals surface area contributed by atoms with E-state index in [1.165, 1.54) is 0 Å². The van der Waals surface area contributed by atoms with Gasteiger partial charge in [0.25, 0.3) is 0 Å². The zero-order valence-corrected chi connectivity index (χ0v) is 14.4. The topological polar surface area (TPSA) is 84.1 Å². The number of anilines is 1. The van der Waals surface area contributed by atoms with Crippen LogP contribution in [0.3, 0.4) is 0 Å². The average Bonchev–Trinajstić information content (AvgIpc) is 2.88. The Labute approximate surface area is 133 Å². The van der Waals surface area contributed by atoms with Crippen molar-refractivity contribution >= 4 is 34.1 Å². The summed E-state index contributed by atoms with van der Waals surface area (Å²) in [6.45, 7) is 2.76. The Hall–Kier alpha value is -0.860. The molecule has 0 aliphatic heterocycles. The Morgan fingerprint density at radius 3 is 2.90 bits per heavy atom. The lowest BCUT2D eigenvalue weighted by atomic mass is 9.80. The van der Waals surface area contributed by atoms with Crippen molar-refractivity contribution in [3.05, 3.63) is 0 Å². The monoisotopic (exact) mass is 329 g/mol. The molecule has 1 aliphatic rings. The number of primary amides is 1. The van der Waals surface area contributed by atoms with Crippen LogP contribution < -0.4 is 16.0 Å². The molecule has 0 spiro atoms. The summed E-state index contributed by atoms with van der Waals surface area (Å²) in [4.78, 5) is 13.8. The number of hydrogen-bond acceptors (Lipinski definition) is 7. The van der Waals surface area contributed by atoms with Crippen molar-refractivity contribution in [3.63, 3.8) is 0 Å². The molecule has 2 rings (SSSR count). The van der Waals surface area contributed by atoms with Gasteiger partial charge in [0, 0.05) is 19.3 Å². The van der Waals surface area contributed by atoms with Gasteiger partial charge in [-0.1, -0.05) is 30.0 Å². The average molecular weight is 329 g/mol. The first-order chi connectivity index (χ1) is 9.97. The highest BCUT2D eigenvalue weighted by atomic mass is 32.2. The van der Waals surface area contributed by atoms with Crippen molar-refractivity contribution in [2.75, 3.05) is 25.5 Å². The Morgan fingerprint density at radius 2 is 2.33 bits per heavy atom. The molecule has 21 heavy (non-hydrogen) atoms. The van der Waals surface area contributed by atoms with Crippen LogP contribution >= 0.6 is 23.1 Å². The van der Waals surface area contributed by atoms with E-state index in [9.17, 15) is 4.79 Å². The highest BCUT2D eigenvalue weighted by Gasteiger charge is 2.41. The number of carbonyl (C=O) groups excluding carboxylic acids is 1. The first kappa shape index (κ1) is 16.5. The molecule has 1 heterocycles. The molecule has 8 heteroatoms. The minimum Gasteiger partial charge on any atom is -0.368 e. The number of nitrogens with one attached hydrogen (secondary N) is 1. The van der Waals surface area contributed by atoms with E-state index in [-0.39, 0.29) is 5.91 Å². The summed E-state index contributed by atoms with van der Waals surface area (Å²) in [6, 6.07) is 0. The van der Waals surface area contributed by atoms with Crippen LogP contribution in [0.5, 0.6) is 0 Å². The summed E-state index contributed by atoms with van der Waals surface area (Å²) in [6.07, 6.45) is 3.68. The SMILES string of the molecule is CCNC1(C(N)=O)CCCC(Sc2nnc(N(C)C)s2)C1. The van der Waals surface area contributed by atoms with E-state index in [0.29, 0.717) is 5.25 Å². The van der Waals surface area contributed by atoms with Crippen LogP contribution in [-0.4, -0.2) is 47.5 Å². The second-order valence-corrected chi connectivity index (χ2v) is 8.06. The molecule has 3 N–H and O–H groups in total. The van der Waals surface area contributed by atoms with Gasteiger partial charge in [0.15, 0.2) is 4.34 Å². The fraction of sp³-hybridized carbons (Fsp3) is 0.769. The molecule has 118 valence electrons. The number of hydrogen-bond donors (Lipinski definition) is 2. The number of nitrogens with zero attached hydrogens (tertiary/aromatic N) is 3. The summed E-state index contributed by atoms with van der Waals surface area (Å²) in [7, 11) is 3.91. The smallest absolute Gasteiger partial charge is 0.237 e. The van der Waals surface area contributed by atoms with E-state index in [1.54, 1.807) is 23.1 Å². The molecular formula is C13H23N5OS2. The summed E-state index contributed by atoms with van der Waals surface area (Å²) >= 11 is 3.31. The molecule has 6 nitrogen and oxygen atoms in total. The van der Waals surface area contributed by atoms with Crippen LogP contribution in [0.4, 0.5) is 5.13 Å². The van der Waals surface area contributed by atoms with Gasteiger partial charge < -0.3 is 16.0 Å². The number of nitrogens with two attached hydrogens (primary N) is 1. The van der Waals surface area contributed by atoms with Gasteiger partial charge in [-0.3, -0.25) is 4.79 Å². The van der Waals surface area contributed by atoms with Crippen molar-refractivity contribution in [1.29, 1.82) is 0 Å². The van der Waals surface area contributed by atoms with Gasteiger partial charge in [0.1, 0.15) is 0 Å². The normalized spacial score (nSPS) is 25.8. The van der Waals surface area contributed by atoms with Crippen LogP contribution in [0, 0.1) is 0 Å². The van der Waals surface area contributed by atoms with Crippen LogP contribution in [0.25, 0.3) is 0 Å². The number of rotatable bonds is 6. The maximum Gasteiger partial charge on any atom is 0.237 e. The van der Waals surface area contributed by atoms with E-state index >= 15 is 0 Å². The van der Waals surface area contributed by atoms with Crippen LogP contribution in [-0.2, 0) is 4.79 Å². The molecule has 1 aliphatic carbocycles. The third-order valence-corrected chi connectivity index (χ3v) is 6.18. The van der Waals surface area contributed by atoms with Crippen LogP contribution in [0.2, 0.25) is 0 Å². The Bertz CT molecular complexity index is 489. The van der Waals surface area contributed by atoms with Crippen molar-refractivity contribution in [1.82, 2.24) is 15.5 Å². The molecule has 1 aromatic rings. The summed E-state index contributed by atoms with van der Waals surface area (Å²) in [5.41, 5.74) is 5.09. The van der Waals surface area contributed by atoms with Crippen LogP contribution in [0.1, 0.15) is 32.6 Å². The predicted molar refractivity (Wildman–Crippen MR) is 88.0 cm³/mol. The maximum atomic E-state index is 11.9. The quantitative estimate of drug-likeness (QED) is 0.822. The van der Waals surface area contributed by atoms with E-state index in [0.717, 1.165) is 41.7 Å². The maximum absolute atomic E-state index is 11.9. The van der Waals surface area contributed by atoms with Crippen LogP contribution in [0.15, 0.2) is 4.34 Å². The van der Waals surface area contributed by atoms with Gasteiger partial charge in [-0.15, -0.1) is 10.2 Å². The molecule has 0 bridgehead atoms. The zero-order chi connectivity index (χ0) is 15.5. The molecule has 2 atom stereocenters. The van der Waals surface area contributed by atoms with Gasteiger partial charge in [0.2, 0.25) is 11.0 Å². The number of thioether (sulfide) groups is 1. The van der Waals surface area contributed by atoms with E-state index < -0.39 is 5.54 Å². The Balaban J connectivity index is 2.04. The van der Waals surface area contributed by atoms with Crippen molar-refractivity contribution in [3.8, 4) is 0 Å². The number of amides is 1. The molecule has 0 aromatic carbocycles. The predicted octanol–water partition coefficient (Wildman–Crippen LogP) is 1.47. The lowest BCUT2D eigenvalue weighted by Gasteiger charge is -2.38. The largest absolute Gasteiger partial charge is 0.368 e.